The largest absolute Gasteiger partial charge is 0.347 e. The maximum Gasteiger partial charge on any atom is 0.173 e. The highest BCUT2D eigenvalue weighted by Gasteiger charge is 2.63. The van der Waals surface area contributed by atoms with Gasteiger partial charge in [-0.05, 0) is 56.9 Å². The van der Waals surface area contributed by atoms with Crippen molar-refractivity contribution in [2.45, 2.75) is 78.6 Å². The summed E-state index contributed by atoms with van der Waals surface area (Å²) in [5, 5.41) is 4.75. The fourth-order valence-corrected chi connectivity index (χ4v) is 5.75. The highest BCUT2D eigenvalue weighted by atomic mass is 16.7. The van der Waals surface area contributed by atoms with Crippen LogP contribution in [0.1, 0.15) is 65.6 Å². The summed E-state index contributed by atoms with van der Waals surface area (Å²) in [4.78, 5) is 0. The fraction of sp³-hybridized carbons (Fsp3) is 0.850. The van der Waals surface area contributed by atoms with E-state index < -0.39 is 0 Å². The maximum atomic E-state index is 6.21. The zero-order valence-corrected chi connectivity index (χ0v) is 16.1. The van der Waals surface area contributed by atoms with Gasteiger partial charge in [0.2, 0.25) is 0 Å². The third-order valence-corrected chi connectivity index (χ3v) is 7.06. The Kier molecular flexibility index (Phi) is 3.35. The molecule has 4 rings (SSSR count). The minimum Gasteiger partial charge on any atom is -0.347 e. The Morgan fingerprint density at radius 3 is 2.42 bits per heavy atom. The maximum absolute atomic E-state index is 6.21. The Bertz CT molecular complexity index is 649. The van der Waals surface area contributed by atoms with Gasteiger partial charge in [-0.25, -0.2) is 0 Å². The van der Waals surface area contributed by atoms with Crippen molar-refractivity contribution in [1.82, 2.24) is 9.78 Å². The van der Waals surface area contributed by atoms with Crippen molar-refractivity contribution in [3.05, 3.63) is 17.5 Å². The van der Waals surface area contributed by atoms with Crippen LogP contribution >= 0.6 is 0 Å². The quantitative estimate of drug-likeness (QED) is 0.722. The minimum atomic E-state index is -0.388. The lowest BCUT2D eigenvalue weighted by Gasteiger charge is -2.59. The molecule has 1 aliphatic heterocycles. The molecule has 24 heavy (non-hydrogen) atoms. The van der Waals surface area contributed by atoms with Crippen LogP contribution in [0.25, 0.3) is 0 Å². The van der Waals surface area contributed by atoms with Crippen molar-refractivity contribution >= 4 is 0 Å². The summed E-state index contributed by atoms with van der Waals surface area (Å²) in [6, 6.07) is 0. The van der Waals surface area contributed by atoms with Gasteiger partial charge in [-0.2, -0.15) is 5.10 Å². The molecule has 1 aromatic heterocycles. The van der Waals surface area contributed by atoms with Gasteiger partial charge in [0.25, 0.3) is 0 Å². The van der Waals surface area contributed by atoms with Gasteiger partial charge < -0.3 is 9.47 Å². The number of ether oxygens (including phenoxy) is 2. The van der Waals surface area contributed by atoms with Crippen LogP contribution < -0.4 is 0 Å². The van der Waals surface area contributed by atoms with Crippen molar-refractivity contribution in [3.63, 3.8) is 0 Å². The zero-order chi connectivity index (χ0) is 17.4. The summed E-state index contributed by atoms with van der Waals surface area (Å²) in [6.07, 6.45) is 6.49. The standard InChI is InChI=1S/C20H32N2O2/c1-17(2,3)22-15-11-16-18(4,5)20(23-9-10-24-20)8-7-19(16,6)12-14(15)13-21-22/h13,16H,7-12H2,1-6H3/t16-,19+/m0/s1. The monoisotopic (exact) mass is 332 g/mol. The molecule has 2 heterocycles. The molecule has 1 saturated heterocycles. The van der Waals surface area contributed by atoms with Gasteiger partial charge in [0.05, 0.1) is 24.9 Å². The normalized spacial score (nSPS) is 34.2. The smallest absolute Gasteiger partial charge is 0.173 e. The molecule has 0 aromatic carbocycles. The Morgan fingerprint density at radius 2 is 1.79 bits per heavy atom. The molecule has 4 heteroatoms. The first-order valence-electron chi connectivity index (χ1n) is 9.43. The number of hydrogen-bond acceptors (Lipinski definition) is 3. The van der Waals surface area contributed by atoms with Gasteiger partial charge in [-0.1, -0.05) is 20.8 Å². The predicted molar refractivity (Wildman–Crippen MR) is 93.9 cm³/mol. The molecule has 4 nitrogen and oxygen atoms in total. The van der Waals surface area contributed by atoms with Crippen LogP contribution in [0.5, 0.6) is 0 Å². The molecule has 2 fully saturated rings. The van der Waals surface area contributed by atoms with Crippen LogP contribution in [0, 0.1) is 16.7 Å². The summed E-state index contributed by atoms with van der Waals surface area (Å²) in [5.41, 5.74) is 3.21. The molecule has 0 radical (unpaired) electrons. The van der Waals surface area contributed by atoms with E-state index >= 15 is 0 Å². The molecule has 2 atom stereocenters. The predicted octanol–water partition coefficient (Wildman–Crippen LogP) is 3.92. The summed E-state index contributed by atoms with van der Waals surface area (Å²) >= 11 is 0. The van der Waals surface area contributed by atoms with Crippen LogP contribution in [-0.2, 0) is 27.9 Å². The first kappa shape index (κ1) is 16.6. The Hall–Kier alpha value is -0.870. The van der Waals surface area contributed by atoms with E-state index in [1.165, 1.54) is 17.7 Å². The lowest BCUT2D eigenvalue weighted by Crippen LogP contribution is -2.60. The van der Waals surface area contributed by atoms with Crippen LogP contribution in [-0.4, -0.2) is 28.8 Å². The second-order valence-electron chi connectivity index (χ2n) is 9.96. The number of nitrogens with zero attached hydrogens (tertiary/aromatic N) is 2. The molecule has 1 saturated carbocycles. The summed E-state index contributed by atoms with van der Waals surface area (Å²) in [6.45, 7) is 15.4. The van der Waals surface area contributed by atoms with Crippen LogP contribution in [0.2, 0.25) is 0 Å². The Balaban J connectivity index is 1.77. The van der Waals surface area contributed by atoms with Crippen molar-refractivity contribution < 1.29 is 9.47 Å². The molecule has 2 aliphatic carbocycles. The van der Waals surface area contributed by atoms with Crippen molar-refractivity contribution in [2.75, 3.05) is 13.2 Å². The molecule has 1 spiro atoms. The van der Waals surface area contributed by atoms with Crippen molar-refractivity contribution in [2.24, 2.45) is 16.7 Å². The first-order valence-corrected chi connectivity index (χ1v) is 9.43. The van der Waals surface area contributed by atoms with E-state index in [4.69, 9.17) is 14.6 Å². The van der Waals surface area contributed by atoms with Crippen molar-refractivity contribution in [3.8, 4) is 0 Å². The second-order valence-corrected chi connectivity index (χ2v) is 9.96. The topological polar surface area (TPSA) is 36.3 Å². The Labute approximate surface area is 145 Å². The fourth-order valence-electron chi connectivity index (χ4n) is 5.75. The van der Waals surface area contributed by atoms with Crippen LogP contribution in [0.4, 0.5) is 0 Å². The molecule has 0 amide bonds. The summed E-state index contributed by atoms with van der Waals surface area (Å²) < 4.78 is 14.7. The lowest BCUT2D eigenvalue weighted by molar-refractivity contribution is -0.284. The van der Waals surface area contributed by atoms with Crippen LogP contribution in [0.3, 0.4) is 0 Å². The van der Waals surface area contributed by atoms with Gasteiger partial charge in [0, 0.05) is 17.5 Å². The third-order valence-electron chi connectivity index (χ3n) is 7.06. The highest BCUT2D eigenvalue weighted by molar-refractivity contribution is 5.28. The summed E-state index contributed by atoms with van der Waals surface area (Å²) in [5.74, 6) is 0.156. The van der Waals surface area contributed by atoms with Gasteiger partial charge in [-0.3, -0.25) is 4.68 Å². The van der Waals surface area contributed by atoms with E-state index in [1.807, 2.05) is 0 Å². The van der Waals surface area contributed by atoms with E-state index in [9.17, 15) is 0 Å². The molecule has 0 bridgehead atoms. The van der Waals surface area contributed by atoms with Gasteiger partial charge in [0.1, 0.15) is 0 Å². The molecule has 0 unspecified atom stereocenters. The number of hydrogen-bond donors (Lipinski definition) is 0. The molecule has 134 valence electrons. The Morgan fingerprint density at radius 1 is 1.12 bits per heavy atom. The lowest BCUT2D eigenvalue weighted by atomic mass is 9.49. The molecular formula is C20H32N2O2. The zero-order valence-electron chi connectivity index (χ0n) is 16.1. The van der Waals surface area contributed by atoms with E-state index in [1.54, 1.807) is 0 Å². The van der Waals surface area contributed by atoms with Crippen molar-refractivity contribution in [1.29, 1.82) is 0 Å². The van der Waals surface area contributed by atoms with E-state index in [0.717, 1.165) is 32.5 Å². The number of rotatable bonds is 0. The average Bonchev–Trinajstić information content (AvgIpc) is 3.09. The minimum absolute atomic E-state index is 0.00116. The molecule has 3 aliphatic rings. The molecule has 0 N–H and O–H groups in total. The van der Waals surface area contributed by atoms with E-state index in [0.29, 0.717) is 11.3 Å². The second kappa shape index (κ2) is 4.85. The number of aromatic nitrogens is 2. The average molecular weight is 332 g/mol. The van der Waals surface area contributed by atoms with Gasteiger partial charge >= 0.3 is 0 Å². The molecule has 1 aromatic rings. The number of fused-ring (bicyclic) bond motifs is 2. The van der Waals surface area contributed by atoms with Gasteiger partial charge in [0.15, 0.2) is 5.79 Å². The summed E-state index contributed by atoms with van der Waals surface area (Å²) in [7, 11) is 0. The van der Waals surface area contributed by atoms with Crippen LogP contribution in [0.15, 0.2) is 6.20 Å². The van der Waals surface area contributed by atoms with E-state index in [-0.39, 0.29) is 16.7 Å². The van der Waals surface area contributed by atoms with E-state index in [2.05, 4.69) is 52.4 Å². The SMILES string of the molecule is CC(C)(C)n1ncc2c1C[C@H]1C(C)(C)C3(CC[C@]1(C)C2)OCCO3. The molecular weight excluding hydrogens is 300 g/mol. The first-order chi connectivity index (χ1) is 11.1. The van der Waals surface area contributed by atoms with Gasteiger partial charge in [-0.15, -0.1) is 0 Å². The highest BCUT2D eigenvalue weighted by Crippen LogP contribution is 2.62. The third kappa shape index (κ3) is 2.08.